The summed E-state index contributed by atoms with van der Waals surface area (Å²) in [4.78, 5) is 0. The molecule has 0 N–H and O–H groups in total. The second kappa shape index (κ2) is 10.9. The van der Waals surface area contributed by atoms with E-state index < -0.39 is 0 Å². The van der Waals surface area contributed by atoms with Crippen LogP contribution in [-0.2, 0) is 4.74 Å². The average molecular weight is 375 g/mol. The molecular formula is C24H38O3. The maximum atomic E-state index is 6.31. The fraction of sp³-hybridized carbons (Fsp3) is 0.750. The fourth-order valence-corrected chi connectivity index (χ4v) is 4.44. The Kier molecular flexibility index (Phi) is 8.32. The summed E-state index contributed by atoms with van der Waals surface area (Å²) in [7, 11) is 0. The predicted octanol–water partition coefficient (Wildman–Crippen LogP) is 6.70. The molecule has 152 valence electrons. The molecule has 0 radical (unpaired) electrons. The average Bonchev–Trinajstić information content (AvgIpc) is 2.70. The second-order valence-corrected chi connectivity index (χ2v) is 8.38. The summed E-state index contributed by atoms with van der Waals surface area (Å²) in [5.41, 5.74) is 1.22. The van der Waals surface area contributed by atoms with Crippen molar-refractivity contribution in [3.63, 3.8) is 0 Å². The van der Waals surface area contributed by atoms with Crippen LogP contribution >= 0.6 is 0 Å². The summed E-state index contributed by atoms with van der Waals surface area (Å²) in [5.74, 6) is 3.10. The number of ether oxygens (including phenoxy) is 3. The van der Waals surface area contributed by atoms with Crippen molar-refractivity contribution in [2.24, 2.45) is 11.8 Å². The highest BCUT2D eigenvalue weighted by Gasteiger charge is 2.37. The standard InChI is InChI=1S/C24H38O3/c1-3-5-7-8-10-14-25-21-12-13-22-23(16-21)26-18-20-15-19(11-9-6-4-2)17-27-24(20)22/h12-13,16,19-20,24H,3-11,14-15,17-18H2,1-2H3/t19-,20-,24+/m0/s1. The highest BCUT2D eigenvalue weighted by atomic mass is 16.5. The molecule has 1 saturated heterocycles. The van der Waals surface area contributed by atoms with Crippen LogP contribution in [0.2, 0.25) is 0 Å². The van der Waals surface area contributed by atoms with Gasteiger partial charge in [-0.3, -0.25) is 0 Å². The molecule has 3 heteroatoms. The maximum absolute atomic E-state index is 6.31. The van der Waals surface area contributed by atoms with Crippen LogP contribution in [0.5, 0.6) is 11.5 Å². The number of rotatable bonds is 11. The van der Waals surface area contributed by atoms with E-state index >= 15 is 0 Å². The van der Waals surface area contributed by atoms with Gasteiger partial charge in [-0.15, -0.1) is 0 Å². The Bertz CT molecular complexity index is 557. The zero-order chi connectivity index (χ0) is 18.9. The van der Waals surface area contributed by atoms with Crippen LogP contribution in [0.25, 0.3) is 0 Å². The molecular weight excluding hydrogens is 336 g/mol. The molecule has 0 aliphatic carbocycles. The molecule has 0 unspecified atom stereocenters. The molecule has 2 aliphatic heterocycles. The lowest BCUT2D eigenvalue weighted by Gasteiger charge is -2.40. The van der Waals surface area contributed by atoms with Gasteiger partial charge in [0.1, 0.15) is 11.5 Å². The SMILES string of the molecule is CCCCCCCOc1ccc2c(c1)OC[C@@H]1C[C@H](CCCCC)CO[C@@H]21. The van der Waals surface area contributed by atoms with Crippen molar-refractivity contribution in [2.45, 2.75) is 84.2 Å². The van der Waals surface area contributed by atoms with Crippen molar-refractivity contribution >= 4 is 0 Å². The number of fused-ring (bicyclic) bond motifs is 3. The Hall–Kier alpha value is -1.22. The maximum Gasteiger partial charge on any atom is 0.128 e. The Morgan fingerprint density at radius 2 is 1.78 bits per heavy atom. The lowest BCUT2D eigenvalue weighted by molar-refractivity contribution is -0.0836. The minimum Gasteiger partial charge on any atom is -0.493 e. The van der Waals surface area contributed by atoms with Crippen molar-refractivity contribution in [3.8, 4) is 11.5 Å². The van der Waals surface area contributed by atoms with E-state index in [0.717, 1.165) is 37.7 Å². The zero-order valence-electron chi connectivity index (χ0n) is 17.4. The van der Waals surface area contributed by atoms with Crippen LogP contribution in [0.3, 0.4) is 0 Å². The number of unbranched alkanes of at least 4 members (excludes halogenated alkanes) is 6. The molecule has 0 aromatic heterocycles. The van der Waals surface area contributed by atoms with Crippen molar-refractivity contribution in [2.75, 3.05) is 19.8 Å². The predicted molar refractivity (Wildman–Crippen MR) is 111 cm³/mol. The van der Waals surface area contributed by atoms with Gasteiger partial charge < -0.3 is 14.2 Å². The largest absolute Gasteiger partial charge is 0.493 e. The fourth-order valence-electron chi connectivity index (χ4n) is 4.44. The molecule has 0 amide bonds. The lowest BCUT2D eigenvalue weighted by atomic mass is 9.81. The molecule has 3 nitrogen and oxygen atoms in total. The van der Waals surface area contributed by atoms with E-state index in [1.54, 1.807) is 0 Å². The molecule has 0 saturated carbocycles. The van der Waals surface area contributed by atoms with E-state index in [1.807, 2.05) is 0 Å². The molecule has 0 spiro atoms. The van der Waals surface area contributed by atoms with Crippen LogP contribution in [0, 0.1) is 11.8 Å². The molecule has 1 aromatic rings. The molecule has 2 aliphatic rings. The number of hydrogen-bond donors (Lipinski definition) is 0. The van der Waals surface area contributed by atoms with Gasteiger partial charge in [-0.05, 0) is 37.3 Å². The van der Waals surface area contributed by atoms with Gasteiger partial charge >= 0.3 is 0 Å². The van der Waals surface area contributed by atoms with Crippen molar-refractivity contribution in [3.05, 3.63) is 23.8 Å². The quantitative estimate of drug-likeness (QED) is 0.403. The summed E-state index contributed by atoms with van der Waals surface area (Å²) in [6.45, 7) is 6.99. The Balaban J connectivity index is 1.48. The molecule has 2 heterocycles. The first kappa shape index (κ1) is 20.5. The van der Waals surface area contributed by atoms with E-state index in [9.17, 15) is 0 Å². The van der Waals surface area contributed by atoms with Gasteiger partial charge in [-0.1, -0.05) is 58.8 Å². The van der Waals surface area contributed by atoms with E-state index in [0.29, 0.717) is 11.8 Å². The first-order valence-corrected chi connectivity index (χ1v) is 11.3. The highest BCUT2D eigenvalue weighted by Crippen LogP contribution is 2.45. The van der Waals surface area contributed by atoms with Gasteiger partial charge in [0.15, 0.2) is 0 Å². The first-order chi connectivity index (χ1) is 13.3. The number of benzene rings is 1. The monoisotopic (exact) mass is 374 g/mol. The molecule has 1 aromatic carbocycles. The van der Waals surface area contributed by atoms with Gasteiger partial charge in [-0.2, -0.15) is 0 Å². The Morgan fingerprint density at radius 3 is 2.63 bits per heavy atom. The van der Waals surface area contributed by atoms with E-state index in [4.69, 9.17) is 14.2 Å². The minimum absolute atomic E-state index is 0.208. The topological polar surface area (TPSA) is 27.7 Å². The van der Waals surface area contributed by atoms with E-state index in [-0.39, 0.29) is 6.10 Å². The normalized spacial score (nSPS) is 24.0. The number of hydrogen-bond acceptors (Lipinski definition) is 3. The molecule has 1 fully saturated rings. The van der Waals surface area contributed by atoms with Gasteiger partial charge in [0.05, 0.1) is 25.9 Å². The van der Waals surface area contributed by atoms with Crippen LogP contribution in [0.4, 0.5) is 0 Å². The zero-order valence-corrected chi connectivity index (χ0v) is 17.4. The summed E-state index contributed by atoms with van der Waals surface area (Å²) in [5, 5.41) is 0. The molecule has 27 heavy (non-hydrogen) atoms. The van der Waals surface area contributed by atoms with E-state index in [2.05, 4.69) is 32.0 Å². The third-order valence-corrected chi connectivity index (χ3v) is 6.05. The van der Waals surface area contributed by atoms with Crippen molar-refractivity contribution in [1.29, 1.82) is 0 Å². The van der Waals surface area contributed by atoms with Gasteiger partial charge in [0, 0.05) is 17.5 Å². The molecule has 3 rings (SSSR count). The summed E-state index contributed by atoms with van der Waals surface area (Å²) in [6.07, 6.45) is 13.0. The van der Waals surface area contributed by atoms with Crippen molar-refractivity contribution < 1.29 is 14.2 Å². The lowest BCUT2D eigenvalue weighted by Crippen LogP contribution is -2.35. The third kappa shape index (κ3) is 5.88. The molecule has 0 bridgehead atoms. The Morgan fingerprint density at radius 1 is 0.963 bits per heavy atom. The summed E-state index contributed by atoms with van der Waals surface area (Å²) < 4.78 is 18.4. The minimum atomic E-state index is 0.208. The van der Waals surface area contributed by atoms with Gasteiger partial charge in [0.2, 0.25) is 0 Å². The van der Waals surface area contributed by atoms with Gasteiger partial charge in [-0.25, -0.2) is 0 Å². The second-order valence-electron chi connectivity index (χ2n) is 8.38. The van der Waals surface area contributed by atoms with Gasteiger partial charge in [0.25, 0.3) is 0 Å². The van der Waals surface area contributed by atoms with Crippen LogP contribution in [0.15, 0.2) is 18.2 Å². The van der Waals surface area contributed by atoms with Crippen LogP contribution in [-0.4, -0.2) is 19.8 Å². The molecule has 3 atom stereocenters. The first-order valence-electron chi connectivity index (χ1n) is 11.3. The van der Waals surface area contributed by atoms with Crippen LogP contribution in [0.1, 0.15) is 89.7 Å². The smallest absolute Gasteiger partial charge is 0.128 e. The van der Waals surface area contributed by atoms with E-state index in [1.165, 1.54) is 63.4 Å². The highest BCUT2D eigenvalue weighted by molar-refractivity contribution is 5.43. The van der Waals surface area contributed by atoms with Crippen LogP contribution < -0.4 is 9.47 Å². The third-order valence-electron chi connectivity index (χ3n) is 6.05. The summed E-state index contributed by atoms with van der Waals surface area (Å²) >= 11 is 0. The summed E-state index contributed by atoms with van der Waals surface area (Å²) in [6, 6.07) is 6.32. The Labute approximate surface area is 165 Å². The van der Waals surface area contributed by atoms with Crippen molar-refractivity contribution in [1.82, 2.24) is 0 Å².